The molecule has 4 heterocycles. The van der Waals surface area contributed by atoms with Crippen LogP contribution in [0.2, 0.25) is 0 Å². The third-order valence-electron chi connectivity index (χ3n) is 4.39. The van der Waals surface area contributed by atoms with Gasteiger partial charge in [-0.2, -0.15) is 0 Å². The Morgan fingerprint density at radius 1 is 0.962 bits per heavy atom. The number of nitrogens with zero attached hydrogens (tertiary/aromatic N) is 5. The van der Waals surface area contributed by atoms with E-state index in [0.29, 0.717) is 0 Å². The highest BCUT2D eigenvalue weighted by Gasteiger charge is 2.09. The molecule has 4 aromatic rings. The molecule has 6 heteroatoms. The Morgan fingerprint density at radius 3 is 2.65 bits per heavy atom. The van der Waals surface area contributed by atoms with E-state index in [1.165, 1.54) is 5.56 Å². The highest BCUT2D eigenvalue weighted by atomic mass is 79.9. The first-order valence-electron chi connectivity index (χ1n) is 8.46. The van der Waals surface area contributed by atoms with Crippen molar-refractivity contribution in [2.45, 2.75) is 26.7 Å². The molecule has 0 fully saturated rings. The Balaban J connectivity index is 1.56. The van der Waals surface area contributed by atoms with Crippen LogP contribution in [0.3, 0.4) is 0 Å². The highest BCUT2D eigenvalue weighted by molar-refractivity contribution is 9.10. The number of pyridine rings is 2. The summed E-state index contributed by atoms with van der Waals surface area (Å²) in [4.78, 5) is 17.9. The van der Waals surface area contributed by atoms with E-state index in [9.17, 15) is 0 Å². The SMILES string of the molecule is Cc1cncc(-c2ncc(CCc3nccn4c(Br)cnc34)cc2C)c1. The maximum Gasteiger partial charge on any atom is 0.159 e. The number of hydrogen-bond donors (Lipinski definition) is 0. The second-order valence-corrected chi connectivity index (χ2v) is 7.22. The molecule has 4 rings (SSSR count). The molecule has 0 bridgehead atoms. The monoisotopic (exact) mass is 407 g/mol. The summed E-state index contributed by atoms with van der Waals surface area (Å²) in [5.41, 5.74) is 7.42. The van der Waals surface area contributed by atoms with Crippen molar-refractivity contribution in [1.29, 1.82) is 0 Å². The molecule has 5 nitrogen and oxygen atoms in total. The van der Waals surface area contributed by atoms with Crippen LogP contribution in [-0.2, 0) is 12.8 Å². The molecule has 0 spiro atoms. The van der Waals surface area contributed by atoms with Crippen LogP contribution in [0.25, 0.3) is 16.9 Å². The second kappa shape index (κ2) is 6.96. The number of imidazole rings is 1. The van der Waals surface area contributed by atoms with Crippen LogP contribution in [0.15, 0.2) is 53.9 Å². The Kier molecular flexibility index (Phi) is 4.51. The average molecular weight is 408 g/mol. The molecule has 0 saturated heterocycles. The average Bonchev–Trinajstić information content (AvgIpc) is 3.02. The summed E-state index contributed by atoms with van der Waals surface area (Å²) in [6.45, 7) is 4.14. The van der Waals surface area contributed by atoms with Crippen molar-refractivity contribution < 1.29 is 0 Å². The number of hydrogen-bond acceptors (Lipinski definition) is 4. The lowest BCUT2D eigenvalue weighted by atomic mass is 10.0. The van der Waals surface area contributed by atoms with Crippen LogP contribution < -0.4 is 0 Å². The van der Waals surface area contributed by atoms with E-state index in [4.69, 9.17) is 0 Å². The molecule has 0 radical (unpaired) electrons. The third kappa shape index (κ3) is 3.24. The lowest BCUT2D eigenvalue weighted by Crippen LogP contribution is -2.00. The number of fused-ring (bicyclic) bond motifs is 1. The van der Waals surface area contributed by atoms with Gasteiger partial charge in [-0.1, -0.05) is 6.07 Å². The minimum atomic E-state index is 0.820. The lowest BCUT2D eigenvalue weighted by Gasteiger charge is -2.09. The number of rotatable bonds is 4. The molecule has 130 valence electrons. The zero-order valence-corrected chi connectivity index (χ0v) is 16.2. The molecule has 0 amide bonds. The summed E-state index contributed by atoms with van der Waals surface area (Å²) in [6, 6.07) is 4.31. The van der Waals surface area contributed by atoms with E-state index in [1.807, 2.05) is 42.3 Å². The molecule has 4 aromatic heterocycles. The molecule has 0 atom stereocenters. The molecular formula is C20H18BrN5. The van der Waals surface area contributed by atoms with E-state index in [1.54, 1.807) is 6.20 Å². The van der Waals surface area contributed by atoms with Gasteiger partial charge in [0.2, 0.25) is 0 Å². The molecule has 26 heavy (non-hydrogen) atoms. The Hall–Kier alpha value is -2.60. The summed E-state index contributed by atoms with van der Waals surface area (Å²) in [5.74, 6) is 0. The molecule has 0 saturated carbocycles. The summed E-state index contributed by atoms with van der Waals surface area (Å²) in [7, 11) is 0. The molecule has 0 aliphatic carbocycles. The van der Waals surface area contributed by atoms with Crippen molar-refractivity contribution in [1.82, 2.24) is 24.3 Å². The highest BCUT2D eigenvalue weighted by Crippen LogP contribution is 2.22. The summed E-state index contributed by atoms with van der Waals surface area (Å²) in [5, 5.41) is 0. The normalized spacial score (nSPS) is 11.2. The van der Waals surface area contributed by atoms with Gasteiger partial charge in [0.15, 0.2) is 5.65 Å². The smallest absolute Gasteiger partial charge is 0.159 e. The Labute approximate surface area is 160 Å². The first kappa shape index (κ1) is 16.8. The van der Waals surface area contributed by atoms with Crippen molar-refractivity contribution in [2.24, 2.45) is 0 Å². The summed E-state index contributed by atoms with van der Waals surface area (Å²) < 4.78 is 2.93. The predicted octanol–water partition coefficient (Wildman–Crippen LogP) is 4.35. The maximum absolute atomic E-state index is 4.68. The van der Waals surface area contributed by atoms with Gasteiger partial charge in [0, 0.05) is 36.5 Å². The minimum Gasteiger partial charge on any atom is -0.291 e. The number of aryl methyl sites for hydroxylation is 4. The van der Waals surface area contributed by atoms with Crippen LogP contribution in [0.1, 0.15) is 22.4 Å². The van der Waals surface area contributed by atoms with Gasteiger partial charge in [-0.3, -0.25) is 19.4 Å². The number of aromatic nitrogens is 5. The maximum atomic E-state index is 4.68. The molecule has 0 aromatic carbocycles. The van der Waals surface area contributed by atoms with E-state index in [2.05, 4.69) is 54.9 Å². The van der Waals surface area contributed by atoms with Gasteiger partial charge in [-0.05, 0) is 65.4 Å². The van der Waals surface area contributed by atoms with Gasteiger partial charge >= 0.3 is 0 Å². The van der Waals surface area contributed by atoms with Crippen molar-refractivity contribution >= 4 is 21.6 Å². The fourth-order valence-electron chi connectivity index (χ4n) is 3.14. The van der Waals surface area contributed by atoms with Gasteiger partial charge in [0.05, 0.1) is 17.6 Å². The van der Waals surface area contributed by atoms with Crippen molar-refractivity contribution in [2.75, 3.05) is 0 Å². The zero-order valence-electron chi connectivity index (χ0n) is 14.6. The van der Waals surface area contributed by atoms with Crippen LogP contribution >= 0.6 is 15.9 Å². The lowest BCUT2D eigenvalue weighted by molar-refractivity contribution is 0.893. The molecule has 0 unspecified atom stereocenters. The predicted molar refractivity (Wildman–Crippen MR) is 105 cm³/mol. The first-order valence-corrected chi connectivity index (χ1v) is 9.25. The number of halogens is 1. The Bertz CT molecular complexity index is 1090. The largest absolute Gasteiger partial charge is 0.291 e. The first-order chi connectivity index (χ1) is 12.6. The second-order valence-electron chi connectivity index (χ2n) is 6.41. The van der Waals surface area contributed by atoms with Gasteiger partial charge < -0.3 is 0 Å². The van der Waals surface area contributed by atoms with Gasteiger partial charge in [0.1, 0.15) is 4.60 Å². The summed E-state index contributed by atoms with van der Waals surface area (Å²) in [6.07, 6.45) is 12.9. The van der Waals surface area contributed by atoms with Crippen molar-refractivity contribution in [3.05, 3.63) is 76.3 Å². The van der Waals surface area contributed by atoms with Gasteiger partial charge in [-0.25, -0.2) is 4.98 Å². The van der Waals surface area contributed by atoms with Crippen LogP contribution in [0.5, 0.6) is 0 Å². The van der Waals surface area contributed by atoms with Crippen LogP contribution in [-0.4, -0.2) is 24.3 Å². The van der Waals surface area contributed by atoms with Gasteiger partial charge in [0.25, 0.3) is 0 Å². The van der Waals surface area contributed by atoms with Gasteiger partial charge in [-0.15, -0.1) is 0 Å². The minimum absolute atomic E-state index is 0.820. The van der Waals surface area contributed by atoms with E-state index >= 15 is 0 Å². The Morgan fingerprint density at radius 2 is 1.85 bits per heavy atom. The van der Waals surface area contributed by atoms with Crippen molar-refractivity contribution in [3.8, 4) is 11.3 Å². The van der Waals surface area contributed by atoms with Crippen LogP contribution in [0, 0.1) is 13.8 Å². The standard InChI is InChI=1S/C20H18BrN5/c1-13-7-16(11-22-9-13)19-14(2)8-15(10-24-19)3-4-17-20-25-12-18(21)26(20)6-5-23-17/h5-12H,3-4H2,1-2H3. The fraction of sp³-hybridized carbons (Fsp3) is 0.200. The third-order valence-corrected chi connectivity index (χ3v) is 4.98. The molecule has 0 aliphatic rings. The molecule has 0 aliphatic heterocycles. The topological polar surface area (TPSA) is 56.0 Å². The van der Waals surface area contributed by atoms with E-state index in [-0.39, 0.29) is 0 Å². The quantitative estimate of drug-likeness (QED) is 0.504. The molecular weight excluding hydrogens is 390 g/mol. The zero-order chi connectivity index (χ0) is 18.1. The molecule has 0 N–H and O–H groups in total. The summed E-state index contributed by atoms with van der Waals surface area (Å²) >= 11 is 3.50. The van der Waals surface area contributed by atoms with E-state index < -0.39 is 0 Å². The van der Waals surface area contributed by atoms with Crippen molar-refractivity contribution in [3.63, 3.8) is 0 Å². The van der Waals surface area contributed by atoms with E-state index in [0.717, 1.165) is 51.2 Å². The van der Waals surface area contributed by atoms with Crippen LogP contribution in [0.4, 0.5) is 0 Å². The fourth-order valence-corrected chi connectivity index (χ4v) is 3.53.